The van der Waals surface area contributed by atoms with Gasteiger partial charge in [0.1, 0.15) is 29.8 Å². The van der Waals surface area contributed by atoms with Gasteiger partial charge in [-0.2, -0.15) is 9.07 Å². The smallest absolute Gasteiger partial charge is 0.255 e. The van der Waals surface area contributed by atoms with Crippen LogP contribution in [0.2, 0.25) is 5.02 Å². The molecule has 0 fully saturated rings. The summed E-state index contributed by atoms with van der Waals surface area (Å²) in [5, 5.41) is 11.8. The molecule has 13 heteroatoms. The molecule has 0 bridgehead atoms. The van der Waals surface area contributed by atoms with Gasteiger partial charge in [-0.05, 0) is 40.8 Å². The monoisotopic (exact) mass is 500 g/mol. The number of anilines is 1. The summed E-state index contributed by atoms with van der Waals surface area (Å²) in [6.45, 7) is 0. The number of pyridine rings is 1. The number of hydrogen-bond donors (Lipinski definition) is 2. The zero-order chi connectivity index (χ0) is 24.6. The molecule has 3 N–H and O–H groups in total. The lowest BCUT2D eigenvalue weighted by molar-refractivity contribution is 0.532. The second-order valence-electron chi connectivity index (χ2n) is 8.44. The highest BCUT2D eigenvalue weighted by Gasteiger charge is 2.47. The Kier molecular flexibility index (Phi) is 4.24. The number of nitrogens with one attached hydrogen (secondary N) is 1. The zero-order valence-electron chi connectivity index (χ0n) is 18.2. The number of tetrazole rings is 1. The molecule has 0 saturated heterocycles. The van der Waals surface area contributed by atoms with E-state index in [1.165, 1.54) is 35.4 Å². The largest absolute Gasteiger partial charge is 0.384 e. The Morgan fingerprint density at radius 3 is 2.81 bits per heavy atom. The Morgan fingerprint density at radius 1 is 1.11 bits per heavy atom. The summed E-state index contributed by atoms with van der Waals surface area (Å²) in [7, 11) is 0. The number of H-pyrrole nitrogens is 1. The summed E-state index contributed by atoms with van der Waals surface area (Å²) in [5.41, 5.74) is 8.62. The number of hydrogen-bond acceptors (Lipinski definition) is 8. The molecule has 4 aromatic heterocycles. The van der Waals surface area contributed by atoms with Crippen LogP contribution in [0.5, 0.6) is 0 Å². The van der Waals surface area contributed by atoms with E-state index in [-0.39, 0.29) is 22.9 Å². The standard InChI is InChI=1S/C23H14ClFN10O/c24-10-1-3-17(34-9-28-32-33-34)14(5-10)15-7-19(36)35-20(12-6-13(12)23(35)30-15)22-27-8-16(29-22)11-2-4-18(26)31-21(11)25/h1-9,12,20H,(H2,26,31)(H,27,29). The lowest BCUT2D eigenvalue weighted by Crippen LogP contribution is -2.27. The van der Waals surface area contributed by atoms with Gasteiger partial charge in [-0.25, -0.2) is 15.0 Å². The predicted octanol–water partition coefficient (Wildman–Crippen LogP) is 2.66. The quantitative estimate of drug-likeness (QED) is 0.358. The number of nitrogen functional groups attached to an aromatic ring is 1. The molecular weight excluding hydrogens is 487 g/mol. The average Bonchev–Trinajstić information content (AvgIpc) is 3.20. The van der Waals surface area contributed by atoms with Gasteiger partial charge < -0.3 is 10.7 Å². The highest BCUT2D eigenvalue weighted by molar-refractivity contribution is 6.31. The topological polar surface area (TPSA) is 146 Å². The number of allylic oxidation sites excluding steroid dienone is 2. The van der Waals surface area contributed by atoms with Gasteiger partial charge in [0.2, 0.25) is 5.95 Å². The second-order valence-corrected chi connectivity index (χ2v) is 8.87. The maximum Gasteiger partial charge on any atom is 0.255 e. The van der Waals surface area contributed by atoms with Crippen LogP contribution in [0, 0.1) is 11.9 Å². The van der Waals surface area contributed by atoms with Crippen molar-refractivity contribution in [1.29, 1.82) is 0 Å². The number of benzene rings is 1. The van der Waals surface area contributed by atoms with Crippen molar-refractivity contribution in [2.75, 3.05) is 5.73 Å². The first kappa shape index (κ1) is 20.6. The van der Waals surface area contributed by atoms with Gasteiger partial charge in [-0.1, -0.05) is 17.7 Å². The molecule has 1 aliphatic carbocycles. The van der Waals surface area contributed by atoms with Crippen molar-refractivity contribution in [3.05, 3.63) is 88.0 Å². The number of rotatable bonds is 4. The van der Waals surface area contributed by atoms with Crippen LogP contribution in [0.3, 0.4) is 0 Å². The summed E-state index contributed by atoms with van der Waals surface area (Å²) in [5.74, 6) is 0.417. The predicted molar refractivity (Wildman–Crippen MR) is 127 cm³/mol. The molecule has 7 rings (SSSR count). The molecular formula is C23H14ClFN10O. The molecule has 1 aromatic carbocycles. The van der Waals surface area contributed by atoms with Gasteiger partial charge in [0.05, 0.1) is 28.8 Å². The summed E-state index contributed by atoms with van der Waals surface area (Å²) in [4.78, 5) is 29.5. The first-order chi connectivity index (χ1) is 17.5. The van der Waals surface area contributed by atoms with E-state index in [1.54, 1.807) is 22.8 Å². The minimum Gasteiger partial charge on any atom is -0.384 e. The van der Waals surface area contributed by atoms with Gasteiger partial charge in [0.25, 0.3) is 5.56 Å². The van der Waals surface area contributed by atoms with Crippen LogP contribution in [0.15, 0.2) is 59.8 Å². The Balaban J connectivity index is 1.31. The molecule has 176 valence electrons. The number of aromatic amines is 1. The summed E-state index contributed by atoms with van der Waals surface area (Å²) in [6.07, 6.45) is 5.00. The fourth-order valence-corrected chi connectivity index (χ4v) is 4.81. The first-order valence-electron chi connectivity index (χ1n) is 10.8. The number of fused-ring (bicyclic) bond motifs is 3. The molecule has 11 nitrogen and oxygen atoms in total. The third-order valence-corrected chi connectivity index (χ3v) is 6.54. The highest BCUT2D eigenvalue weighted by atomic mass is 35.5. The highest BCUT2D eigenvalue weighted by Crippen LogP contribution is 2.53. The Labute approximate surface area is 206 Å². The van der Waals surface area contributed by atoms with Crippen LogP contribution in [-0.2, 0) is 0 Å². The normalized spacial score (nSPS) is 17.6. The third kappa shape index (κ3) is 3.08. The molecule has 36 heavy (non-hydrogen) atoms. The van der Waals surface area contributed by atoms with Crippen LogP contribution in [0.4, 0.5) is 10.2 Å². The minimum absolute atomic E-state index is 0.0350. The van der Waals surface area contributed by atoms with Gasteiger partial charge in [-0.15, -0.1) is 5.10 Å². The molecule has 2 aliphatic rings. The van der Waals surface area contributed by atoms with E-state index in [4.69, 9.17) is 22.3 Å². The van der Waals surface area contributed by atoms with E-state index < -0.39 is 12.0 Å². The molecule has 2 unspecified atom stereocenters. The van der Waals surface area contributed by atoms with Crippen LogP contribution in [0.25, 0.3) is 33.8 Å². The van der Waals surface area contributed by atoms with Crippen LogP contribution in [0.1, 0.15) is 17.7 Å². The van der Waals surface area contributed by atoms with E-state index in [9.17, 15) is 9.18 Å². The van der Waals surface area contributed by atoms with E-state index in [1.807, 2.05) is 6.08 Å². The van der Waals surface area contributed by atoms with Crippen molar-refractivity contribution in [3.8, 4) is 28.2 Å². The summed E-state index contributed by atoms with van der Waals surface area (Å²) in [6, 6.07) is 9.28. The SMILES string of the molecule is Nc1ccc(-c2cnc(C3C4C=C4c4nc(-c5cc(Cl)ccc5-n5cnnn5)cc(=O)n43)[nH]2)c(F)n1. The third-order valence-electron chi connectivity index (χ3n) is 6.30. The number of nitrogens with two attached hydrogens (primary N) is 1. The van der Waals surface area contributed by atoms with Crippen molar-refractivity contribution >= 4 is 23.0 Å². The van der Waals surface area contributed by atoms with E-state index >= 15 is 0 Å². The first-order valence-corrected chi connectivity index (χ1v) is 11.2. The van der Waals surface area contributed by atoms with Crippen LogP contribution >= 0.6 is 11.6 Å². The maximum absolute atomic E-state index is 14.3. The zero-order valence-corrected chi connectivity index (χ0v) is 18.9. The lowest BCUT2D eigenvalue weighted by atomic mass is 10.1. The Hall–Kier alpha value is -4.71. The second kappa shape index (κ2) is 7.39. The van der Waals surface area contributed by atoms with Crippen LogP contribution in [-0.4, -0.2) is 44.7 Å². The average molecular weight is 501 g/mol. The minimum atomic E-state index is -0.703. The van der Waals surface area contributed by atoms with Gasteiger partial charge in [-0.3, -0.25) is 9.36 Å². The molecule has 5 aromatic rings. The lowest BCUT2D eigenvalue weighted by Gasteiger charge is -2.15. The van der Waals surface area contributed by atoms with Crippen LogP contribution < -0.4 is 11.3 Å². The summed E-state index contributed by atoms with van der Waals surface area (Å²) >= 11 is 6.26. The molecule has 0 amide bonds. The number of imidazole rings is 1. The summed E-state index contributed by atoms with van der Waals surface area (Å²) < 4.78 is 17.4. The Bertz CT molecular complexity index is 1770. The number of nitrogens with zero attached hydrogens (tertiary/aromatic N) is 8. The van der Waals surface area contributed by atoms with Crippen molar-refractivity contribution in [1.82, 2.24) is 44.7 Å². The molecule has 0 saturated carbocycles. The van der Waals surface area contributed by atoms with Crippen molar-refractivity contribution in [2.45, 2.75) is 6.04 Å². The number of halogens is 2. The molecule has 2 atom stereocenters. The molecule has 0 spiro atoms. The molecule has 5 heterocycles. The van der Waals surface area contributed by atoms with E-state index in [0.717, 1.165) is 5.57 Å². The van der Waals surface area contributed by atoms with Crippen molar-refractivity contribution < 1.29 is 4.39 Å². The van der Waals surface area contributed by atoms with Gasteiger partial charge >= 0.3 is 0 Å². The van der Waals surface area contributed by atoms with E-state index in [0.29, 0.717) is 39.3 Å². The van der Waals surface area contributed by atoms with Gasteiger partial charge in [0.15, 0.2) is 0 Å². The number of aromatic nitrogens is 9. The Morgan fingerprint density at radius 2 is 2.00 bits per heavy atom. The molecule has 1 aliphatic heterocycles. The maximum atomic E-state index is 14.3. The van der Waals surface area contributed by atoms with Crippen molar-refractivity contribution in [2.24, 2.45) is 5.92 Å². The fraction of sp³-hybridized carbons (Fsp3) is 0.0870. The van der Waals surface area contributed by atoms with Gasteiger partial charge in [0, 0.05) is 28.1 Å². The van der Waals surface area contributed by atoms with E-state index in [2.05, 4.69) is 30.5 Å². The fourth-order valence-electron chi connectivity index (χ4n) is 4.64. The van der Waals surface area contributed by atoms with Crippen molar-refractivity contribution in [3.63, 3.8) is 0 Å². The molecule has 0 radical (unpaired) electrons.